The molecule has 1 fully saturated rings. The lowest BCUT2D eigenvalue weighted by Crippen LogP contribution is -2.23. The lowest BCUT2D eigenvalue weighted by atomic mass is 10.8. The Bertz CT molecular complexity index is 124. The van der Waals surface area contributed by atoms with E-state index in [1.54, 1.807) is 0 Å². The van der Waals surface area contributed by atoms with Gasteiger partial charge in [-0.1, -0.05) is 10.3 Å². The molecule has 0 radical (unpaired) electrons. The molecule has 1 heterocycles. The van der Waals surface area contributed by atoms with Crippen LogP contribution in [0.3, 0.4) is 0 Å². The highest BCUT2D eigenvalue weighted by molar-refractivity contribution is 8.29. The standard InChI is InChI=1S/C5H11NO3S/c1-10(9-6-7)4-2-8-3-5-10/h2-5H2,1H3. The summed E-state index contributed by atoms with van der Waals surface area (Å²) in [7, 11) is -1.19. The van der Waals surface area contributed by atoms with Crippen molar-refractivity contribution in [3.63, 3.8) is 0 Å². The summed E-state index contributed by atoms with van der Waals surface area (Å²) >= 11 is 0. The van der Waals surface area contributed by atoms with Gasteiger partial charge in [0.2, 0.25) is 0 Å². The molecule has 0 bridgehead atoms. The first-order chi connectivity index (χ1) is 4.77. The topological polar surface area (TPSA) is 47.9 Å². The minimum Gasteiger partial charge on any atom is -0.380 e. The van der Waals surface area contributed by atoms with Gasteiger partial charge >= 0.3 is 0 Å². The van der Waals surface area contributed by atoms with Crippen molar-refractivity contribution < 1.29 is 9.02 Å². The first kappa shape index (κ1) is 7.81. The van der Waals surface area contributed by atoms with Gasteiger partial charge in [0.25, 0.3) is 0 Å². The predicted molar refractivity (Wildman–Crippen MR) is 40.9 cm³/mol. The second kappa shape index (κ2) is 3.21. The highest BCUT2D eigenvalue weighted by Crippen LogP contribution is 2.46. The van der Waals surface area contributed by atoms with E-state index in [1.807, 2.05) is 6.26 Å². The normalized spacial score (nSPS) is 26.9. The van der Waals surface area contributed by atoms with Crippen LogP contribution in [0.5, 0.6) is 0 Å². The summed E-state index contributed by atoms with van der Waals surface area (Å²) in [5.41, 5.74) is 0. The Morgan fingerprint density at radius 1 is 1.50 bits per heavy atom. The van der Waals surface area contributed by atoms with Crippen LogP contribution in [0, 0.1) is 4.91 Å². The van der Waals surface area contributed by atoms with Gasteiger partial charge in [-0.15, -0.1) is 4.91 Å². The Morgan fingerprint density at radius 3 is 2.60 bits per heavy atom. The molecule has 1 aliphatic rings. The molecule has 1 aliphatic heterocycles. The van der Waals surface area contributed by atoms with Gasteiger partial charge < -0.3 is 9.02 Å². The van der Waals surface area contributed by atoms with E-state index in [2.05, 4.69) is 5.34 Å². The minimum atomic E-state index is -1.19. The molecule has 1 saturated heterocycles. The van der Waals surface area contributed by atoms with E-state index in [-0.39, 0.29) is 0 Å². The van der Waals surface area contributed by atoms with E-state index in [0.717, 1.165) is 11.5 Å². The van der Waals surface area contributed by atoms with Gasteiger partial charge in [0, 0.05) is 11.5 Å². The van der Waals surface area contributed by atoms with E-state index in [0.29, 0.717) is 13.2 Å². The van der Waals surface area contributed by atoms with Gasteiger partial charge in [0.15, 0.2) is 5.34 Å². The van der Waals surface area contributed by atoms with Crippen LogP contribution in [-0.2, 0) is 9.02 Å². The predicted octanol–water partition coefficient (Wildman–Crippen LogP) is 1.06. The van der Waals surface area contributed by atoms with Crippen LogP contribution in [-0.4, -0.2) is 31.0 Å². The van der Waals surface area contributed by atoms with Crippen molar-refractivity contribution in [3.8, 4) is 0 Å². The molecule has 0 unspecified atom stereocenters. The molecule has 0 spiro atoms. The van der Waals surface area contributed by atoms with Crippen molar-refractivity contribution >= 4 is 10.3 Å². The van der Waals surface area contributed by atoms with E-state index < -0.39 is 10.3 Å². The maximum absolute atomic E-state index is 9.79. The quantitative estimate of drug-likeness (QED) is 0.454. The zero-order valence-electron chi connectivity index (χ0n) is 5.91. The van der Waals surface area contributed by atoms with Crippen molar-refractivity contribution in [1.29, 1.82) is 0 Å². The molecule has 0 aromatic heterocycles. The van der Waals surface area contributed by atoms with Crippen molar-refractivity contribution in [2.75, 3.05) is 31.0 Å². The second-order valence-corrected chi connectivity index (χ2v) is 5.69. The summed E-state index contributed by atoms with van der Waals surface area (Å²) in [4.78, 5) is 9.79. The van der Waals surface area contributed by atoms with Crippen LogP contribution in [0.15, 0.2) is 5.34 Å². The zero-order chi connectivity index (χ0) is 7.45. The summed E-state index contributed by atoms with van der Waals surface area (Å²) in [6.07, 6.45) is 1.96. The molecular formula is C5H11NO3S. The summed E-state index contributed by atoms with van der Waals surface area (Å²) in [6.45, 7) is 1.39. The Balaban J connectivity index is 2.39. The Morgan fingerprint density at radius 2 is 2.10 bits per heavy atom. The van der Waals surface area contributed by atoms with Gasteiger partial charge in [0.05, 0.1) is 13.2 Å². The summed E-state index contributed by atoms with van der Waals surface area (Å²) < 4.78 is 9.85. The van der Waals surface area contributed by atoms with Gasteiger partial charge in [0.1, 0.15) is 0 Å². The summed E-state index contributed by atoms with van der Waals surface area (Å²) in [6, 6.07) is 0. The SMILES string of the molecule is CS1(ON=O)CCOCC1. The number of nitrogens with zero attached hydrogens (tertiary/aromatic N) is 1. The molecule has 1 rings (SSSR count). The van der Waals surface area contributed by atoms with Crippen LogP contribution in [0.25, 0.3) is 0 Å². The number of ether oxygens (including phenoxy) is 1. The lowest BCUT2D eigenvalue weighted by molar-refractivity contribution is 0.153. The fourth-order valence-electron chi connectivity index (χ4n) is 0.823. The molecular weight excluding hydrogens is 154 g/mol. The number of hydrogen-bond acceptors (Lipinski definition) is 4. The maximum Gasteiger partial charge on any atom is 0.166 e. The molecule has 0 aromatic rings. The van der Waals surface area contributed by atoms with Crippen molar-refractivity contribution in [2.24, 2.45) is 5.34 Å². The average Bonchev–Trinajstić information content (AvgIpc) is 1.89. The molecule has 0 saturated carbocycles. The van der Waals surface area contributed by atoms with Crippen molar-refractivity contribution in [1.82, 2.24) is 0 Å². The highest BCUT2D eigenvalue weighted by Gasteiger charge is 2.24. The molecule has 0 aliphatic carbocycles. The van der Waals surface area contributed by atoms with Crippen LogP contribution in [0.2, 0.25) is 0 Å². The van der Waals surface area contributed by atoms with Gasteiger partial charge in [-0.2, -0.15) is 0 Å². The molecule has 60 valence electrons. The van der Waals surface area contributed by atoms with E-state index in [4.69, 9.17) is 9.02 Å². The van der Waals surface area contributed by atoms with E-state index >= 15 is 0 Å². The zero-order valence-corrected chi connectivity index (χ0v) is 6.73. The third kappa shape index (κ3) is 1.85. The van der Waals surface area contributed by atoms with Gasteiger partial charge in [-0.05, 0) is 6.26 Å². The van der Waals surface area contributed by atoms with Crippen LogP contribution in [0.4, 0.5) is 0 Å². The highest BCUT2D eigenvalue weighted by atomic mass is 32.3. The second-order valence-electron chi connectivity index (χ2n) is 2.35. The Labute approximate surface area is 61.3 Å². The molecule has 4 nitrogen and oxygen atoms in total. The molecule has 5 heteroatoms. The summed E-state index contributed by atoms with van der Waals surface area (Å²) in [5, 5.41) is 2.46. The van der Waals surface area contributed by atoms with Crippen molar-refractivity contribution in [2.45, 2.75) is 0 Å². The minimum absolute atomic E-state index is 0.696. The molecule has 0 atom stereocenters. The maximum atomic E-state index is 9.79. The van der Waals surface area contributed by atoms with Gasteiger partial charge in [-0.25, -0.2) is 0 Å². The molecule has 10 heavy (non-hydrogen) atoms. The van der Waals surface area contributed by atoms with Crippen LogP contribution >= 0.6 is 10.3 Å². The molecule has 0 amide bonds. The number of rotatable bonds is 2. The van der Waals surface area contributed by atoms with E-state index in [1.165, 1.54) is 0 Å². The van der Waals surface area contributed by atoms with Gasteiger partial charge in [-0.3, -0.25) is 0 Å². The van der Waals surface area contributed by atoms with Crippen molar-refractivity contribution in [3.05, 3.63) is 4.91 Å². The fourth-order valence-corrected chi connectivity index (χ4v) is 2.26. The van der Waals surface area contributed by atoms with Crippen LogP contribution in [0.1, 0.15) is 0 Å². The van der Waals surface area contributed by atoms with E-state index in [9.17, 15) is 4.91 Å². The fraction of sp³-hybridized carbons (Fsp3) is 1.00. The number of hydrogen-bond donors (Lipinski definition) is 0. The monoisotopic (exact) mass is 165 g/mol. The third-order valence-electron chi connectivity index (χ3n) is 1.53. The Kier molecular flexibility index (Phi) is 2.50. The largest absolute Gasteiger partial charge is 0.380 e. The van der Waals surface area contributed by atoms with Crippen LogP contribution < -0.4 is 0 Å². The average molecular weight is 165 g/mol. The smallest absolute Gasteiger partial charge is 0.166 e. The molecule has 0 aromatic carbocycles. The lowest BCUT2D eigenvalue weighted by Gasteiger charge is -2.34. The Hall–Kier alpha value is -0.290. The summed E-state index contributed by atoms with van der Waals surface area (Å²) in [5.74, 6) is 1.66. The first-order valence-electron chi connectivity index (χ1n) is 3.09. The molecule has 0 N–H and O–H groups in total. The third-order valence-corrected chi connectivity index (χ3v) is 4.01. The first-order valence-corrected chi connectivity index (χ1v) is 5.40.